The molecule has 2 rings (SSSR count). The third-order valence-corrected chi connectivity index (χ3v) is 3.64. The molecule has 1 fully saturated rings. The minimum absolute atomic E-state index is 0.191. The number of aromatic nitrogens is 2. The standard InChI is InChI=1S/C16H26N4O3/c1-16(2,3)23-15(21)17-10-12-7-5-6-8-20(12)13-9-14(22-4)19-11-18-13/h9,11-12H,5-8,10H2,1-4H3,(H,17,21)/t12-/m1/s1. The Morgan fingerprint density at radius 1 is 1.39 bits per heavy atom. The lowest BCUT2D eigenvalue weighted by Crippen LogP contribution is -2.48. The Labute approximate surface area is 137 Å². The maximum absolute atomic E-state index is 11.8. The Bertz CT molecular complexity index is 530. The van der Waals surface area contributed by atoms with E-state index >= 15 is 0 Å². The second kappa shape index (κ2) is 7.48. The molecule has 1 aliphatic heterocycles. The molecule has 1 aromatic heterocycles. The van der Waals surface area contributed by atoms with Crippen LogP contribution in [0.15, 0.2) is 12.4 Å². The second-order valence-electron chi connectivity index (χ2n) is 6.64. The normalized spacial score (nSPS) is 18.4. The van der Waals surface area contributed by atoms with Crippen molar-refractivity contribution in [3.05, 3.63) is 12.4 Å². The lowest BCUT2D eigenvalue weighted by Gasteiger charge is -2.36. The van der Waals surface area contributed by atoms with Crippen LogP contribution < -0.4 is 15.0 Å². The first-order chi connectivity index (χ1) is 10.9. The minimum Gasteiger partial charge on any atom is -0.481 e. The highest BCUT2D eigenvalue weighted by Crippen LogP contribution is 2.24. The molecule has 0 aliphatic carbocycles. The summed E-state index contributed by atoms with van der Waals surface area (Å²) in [4.78, 5) is 22.4. The summed E-state index contributed by atoms with van der Waals surface area (Å²) in [6.07, 6.45) is 4.36. The van der Waals surface area contributed by atoms with E-state index in [-0.39, 0.29) is 12.1 Å². The predicted octanol–water partition coefficient (Wildman–Crippen LogP) is 2.37. The van der Waals surface area contributed by atoms with E-state index in [1.165, 1.54) is 6.33 Å². The van der Waals surface area contributed by atoms with Crippen LogP contribution in [0.1, 0.15) is 40.0 Å². The molecule has 0 spiro atoms. The highest BCUT2D eigenvalue weighted by Gasteiger charge is 2.25. The highest BCUT2D eigenvalue weighted by molar-refractivity contribution is 5.67. The van der Waals surface area contributed by atoms with Crippen LogP contribution in [0.3, 0.4) is 0 Å². The van der Waals surface area contributed by atoms with Crippen molar-refractivity contribution in [1.82, 2.24) is 15.3 Å². The third-order valence-electron chi connectivity index (χ3n) is 3.64. The van der Waals surface area contributed by atoms with Crippen molar-refractivity contribution in [1.29, 1.82) is 0 Å². The average Bonchev–Trinajstić information content (AvgIpc) is 2.51. The molecular formula is C16H26N4O3. The number of methoxy groups -OCH3 is 1. The van der Waals surface area contributed by atoms with Gasteiger partial charge >= 0.3 is 6.09 Å². The first-order valence-corrected chi connectivity index (χ1v) is 7.98. The monoisotopic (exact) mass is 322 g/mol. The van der Waals surface area contributed by atoms with Crippen LogP contribution in [0.25, 0.3) is 0 Å². The molecule has 7 heteroatoms. The van der Waals surface area contributed by atoms with Gasteiger partial charge in [-0.3, -0.25) is 0 Å². The zero-order valence-electron chi connectivity index (χ0n) is 14.3. The van der Waals surface area contributed by atoms with Gasteiger partial charge in [-0.15, -0.1) is 0 Å². The van der Waals surface area contributed by atoms with Gasteiger partial charge in [0.05, 0.1) is 7.11 Å². The highest BCUT2D eigenvalue weighted by atomic mass is 16.6. The number of hydrogen-bond donors (Lipinski definition) is 1. The maximum Gasteiger partial charge on any atom is 0.407 e. The molecule has 1 saturated heterocycles. The van der Waals surface area contributed by atoms with Gasteiger partial charge in [0.1, 0.15) is 17.7 Å². The fraction of sp³-hybridized carbons (Fsp3) is 0.688. The summed E-state index contributed by atoms with van der Waals surface area (Å²) >= 11 is 0. The van der Waals surface area contributed by atoms with Crippen LogP contribution in [-0.2, 0) is 4.74 Å². The summed E-state index contributed by atoms with van der Waals surface area (Å²) in [5.41, 5.74) is -0.490. The van der Waals surface area contributed by atoms with Crippen molar-refractivity contribution in [3.8, 4) is 5.88 Å². The summed E-state index contributed by atoms with van der Waals surface area (Å²) in [6.45, 7) is 6.99. The zero-order valence-corrected chi connectivity index (χ0v) is 14.3. The Morgan fingerprint density at radius 2 is 2.17 bits per heavy atom. The maximum atomic E-state index is 11.8. The number of rotatable bonds is 4. The van der Waals surface area contributed by atoms with Gasteiger partial charge < -0.3 is 19.7 Å². The van der Waals surface area contributed by atoms with E-state index < -0.39 is 5.60 Å². The smallest absolute Gasteiger partial charge is 0.407 e. The van der Waals surface area contributed by atoms with Crippen LogP contribution in [0.5, 0.6) is 5.88 Å². The number of piperidine rings is 1. The number of carbonyl (C=O) groups is 1. The molecule has 1 amide bonds. The molecule has 0 saturated carbocycles. The van der Waals surface area contributed by atoms with E-state index in [2.05, 4.69) is 20.2 Å². The number of anilines is 1. The molecule has 1 atom stereocenters. The number of hydrogen-bond acceptors (Lipinski definition) is 6. The number of carbonyl (C=O) groups excluding carboxylic acids is 1. The van der Waals surface area contributed by atoms with Crippen molar-refractivity contribution in [2.24, 2.45) is 0 Å². The first-order valence-electron chi connectivity index (χ1n) is 7.98. The van der Waals surface area contributed by atoms with E-state index in [1.54, 1.807) is 7.11 Å². The number of nitrogens with zero attached hydrogens (tertiary/aromatic N) is 3. The second-order valence-corrected chi connectivity index (χ2v) is 6.64. The van der Waals surface area contributed by atoms with Crippen LogP contribution in [0.4, 0.5) is 10.6 Å². The average molecular weight is 322 g/mol. The number of nitrogens with one attached hydrogen (secondary N) is 1. The molecule has 128 valence electrons. The van der Waals surface area contributed by atoms with E-state index in [0.717, 1.165) is 31.6 Å². The SMILES string of the molecule is COc1cc(N2CCCC[C@@H]2CNC(=O)OC(C)(C)C)ncn1. The van der Waals surface area contributed by atoms with Crippen LogP contribution in [-0.4, -0.2) is 47.9 Å². The Kier molecular flexibility index (Phi) is 5.63. The fourth-order valence-corrected chi connectivity index (χ4v) is 2.63. The summed E-state index contributed by atoms with van der Waals surface area (Å²) < 4.78 is 10.5. The molecule has 1 aliphatic rings. The lowest BCUT2D eigenvalue weighted by molar-refractivity contribution is 0.0523. The molecule has 1 aromatic rings. The van der Waals surface area contributed by atoms with E-state index in [1.807, 2.05) is 26.8 Å². The van der Waals surface area contributed by atoms with Crippen LogP contribution >= 0.6 is 0 Å². The predicted molar refractivity (Wildman–Crippen MR) is 87.8 cm³/mol. The molecule has 0 aromatic carbocycles. The minimum atomic E-state index is -0.490. The summed E-state index contributed by atoms with van der Waals surface area (Å²) in [6, 6.07) is 2.02. The molecule has 0 unspecified atom stereocenters. The van der Waals surface area contributed by atoms with Crippen LogP contribution in [0, 0.1) is 0 Å². The van der Waals surface area contributed by atoms with Gasteiger partial charge in [-0.1, -0.05) is 0 Å². The molecule has 7 nitrogen and oxygen atoms in total. The Hall–Kier alpha value is -2.05. The van der Waals surface area contributed by atoms with Gasteiger partial charge in [-0.05, 0) is 40.0 Å². The van der Waals surface area contributed by atoms with Gasteiger partial charge in [0.15, 0.2) is 0 Å². The quantitative estimate of drug-likeness (QED) is 0.917. The van der Waals surface area contributed by atoms with E-state index in [4.69, 9.17) is 9.47 Å². The van der Waals surface area contributed by atoms with Crippen molar-refractivity contribution in [2.75, 3.05) is 25.1 Å². The molecule has 0 radical (unpaired) electrons. The van der Waals surface area contributed by atoms with Crippen LogP contribution in [0.2, 0.25) is 0 Å². The first kappa shape index (κ1) is 17.3. The summed E-state index contributed by atoms with van der Waals surface area (Å²) in [5.74, 6) is 1.37. The zero-order chi connectivity index (χ0) is 16.9. The Balaban J connectivity index is 1.99. The summed E-state index contributed by atoms with van der Waals surface area (Å²) in [5, 5.41) is 2.86. The van der Waals surface area contributed by atoms with Gasteiger partial charge in [0.2, 0.25) is 5.88 Å². The molecule has 0 bridgehead atoms. The van der Waals surface area contributed by atoms with Crippen molar-refractivity contribution < 1.29 is 14.3 Å². The van der Waals surface area contributed by atoms with Crippen molar-refractivity contribution in [3.63, 3.8) is 0 Å². The van der Waals surface area contributed by atoms with Gasteiger partial charge in [-0.2, -0.15) is 0 Å². The Morgan fingerprint density at radius 3 is 2.87 bits per heavy atom. The third kappa shape index (κ3) is 5.26. The van der Waals surface area contributed by atoms with E-state index in [0.29, 0.717) is 12.4 Å². The molecule has 1 N–H and O–H groups in total. The lowest BCUT2D eigenvalue weighted by atomic mass is 10.0. The summed E-state index contributed by atoms with van der Waals surface area (Å²) in [7, 11) is 1.59. The number of amides is 1. The topological polar surface area (TPSA) is 76.6 Å². The van der Waals surface area contributed by atoms with Gasteiger partial charge in [-0.25, -0.2) is 14.8 Å². The molecular weight excluding hydrogens is 296 g/mol. The number of alkyl carbamates (subject to hydrolysis) is 1. The van der Waals surface area contributed by atoms with E-state index in [9.17, 15) is 4.79 Å². The largest absolute Gasteiger partial charge is 0.481 e. The molecule has 23 heavy (non-hydrogen) atoms. The fourth-order valence-electron chi connectivity index (χ4n) is 2.63. The number of ether oxygens (including phenoxy) is 2. The molecule has 2 heterocycles. The van der Waals surface area contributed by atoms with Gasteiger partial charge in [0, 0.05) is 25.2 Å². The van der Waals surface area contributed by atoms with Gasteiger partial charge in [0.25, 0.3) is 0 Å². The van der Waals surface area contributed by atoms with Crippen molar-refractivity contribution in [2.45, 2.75) is 51.7 Å². The van der Waals surface area contributed by atoms with Crippen molar-refractivity contribution >= 4 is 11.9 Å².